The highest BCUT2D eigenvalue weighted by Crippen LogP contribution is 1.91. The molecule has 60 valence electrons. The minimum atomic E-state index is -0.252. The summed E-state index contributed by atoms with van der Waals surface area (Å²) in [6, 6.07) is 0. The minimum Gasteiger partial charge on any atom is -0.497 e. The van der Waals surface area contributed by atoms with Gasteiger partial charge in [0.25, 0.3) is 0 Å². The van der Waals surface area contributed by atoms with Crippen LogP contribution in [-0.4, -0.2) is 37.4 Å². The molecule has 0 saturated carbocycles. The Balaban J connectivity index is 3.25. The van der Waals surface area contributed by atoms with Crippen molar-refractivity contribution >= 4 is 10.2 Å². The maximum absolute atomic E-state index is 5.03. The van der Waals surface area contributed by atoms with Gasteiger partial charge in [0.1, 0.15) is 6.61 Å². The normalized spacial score (nSPS) is 11.5. The second-order valence-corrected chi connectivity index (χ2v) is 2.37. The molecule has 0 fully saturated rings. The Morgan fingerprint density at radius 3 is 2.40 bits per heavy atom. The monoisotopic (exact) mass is 162 g/mol. The van der Waals surface area contributed by atoms with Crippen LogP contribution < -0.4 is 0 Å². The topological polar surface area (TPSA) is 27.7 Å². The van der Waals surface area contributed by atoms with Crippen LogP contribution in [0.3, 0.4) is 0 Å². The third-order valence-electron chi connectivity index (χ3n) is 0.990. The smallest absolute Gasteiger partial charge is 0.191 e. The zero-order valence-electron chi connectivity index (χ0n) is 6.66. The van der Waals surface area contributed by atoms with Crippen molar-refractivity contribution in [2.24, 2.45) is 0 Å². The van der Waals surface area contributed by atoms with Crippen molar-refractivity contribution in [2.75, 3.05) is 20.8 Å². The first-order valence-electron chi connectivity index (χ1n) is 3.13. The van der Waals surface area contributed by atoms with Gasteiger partial charge < -0.3 is 14.2 Å². The Bertz CT molecular complexity index is 91.0. The van der Waals surface area contributed by atoms with E-state index in [4.69, 9.17) is 14.2 Å². The Kier molecular flexibility index (Phi) is 6.57. The fourth-order valence-corrected chi connectivity index (χ4v) is 0.655. The van der Waals surface area contributed by atoms with Crippen molar-refractivity contribution in [1.29, 1.82) is 0 Å². The summed E-state index contributed by atoms with van der Waals surface area (Å²) in [5.41, 5.74) is 1.95. The molecule has 0 aliphatic heterocycles. The lowest BCUT2D eigenvalue weighted by molar-refractivity contribution is -0.128. The summed E-state index contributed by atoms with van der Waals surface area (Å²) < 4.78 is 14.8. The highest BCUT2D eigenvalue weighted by molar-refractivity contribution is 6.16. The average molecular weight is 162 g/mol. The van der Waals surface area contributed by atoms with E-state index < -0.39 is 0 Å². The molecule has 0 spiro atoms. The van der Waals surface area contributed by atoms with Crippen LogP contribution in [0.1, 0.15) is 0 Å². The number of rotatable bonds is 5. The van der Waals surface area contributed by atoms with E-state index in [1.165, 1.54) is 0 Å². The summed E-state index contributed by atoms with van der Waals surface area (Å²) in [7, 11) is 4.19. The first-order valence-corrected chi connectivity index (χ1v) is 4.29. The van der Waals surface area contributed by atoms with Gasteiger partial charge in [-0.15, -0.1) is 0 Å². The molecule has 0 bridgehead atoms. The zero-order valence-corrected chi connectivity index (χ0v) is 8.66. The van der Waals surface area contributed by atoms with E-state index in [9.17, 15) is 0 Å². The van der Waals surface area contributed by atoms with E-state index in [1.807, 2.05) is 5.70 Å². The van der Waals surface area contributed by atoms with Crippen molar-refractivity contribution in [3.05, 3.63) is 12.0 Å². The Hall–Kier alpha value is -0.323. The lowest BCUT2D eigenvalue weighted by atomic mass is 10.7. The van der Waals surface area contributed by atoms with E-state index in [1.54, 1.807) is 20.5 Å². The molecule has 0 heterocycles. The van der Waals surface area contributed by atoms with Crippen LogP contribution in [0.25, 0.3) is 0 Å². The molecule has 0 radical (unpaired) electrons. The summed E-state index contributed by atoms with van der Waals surface area (Å²) in [6.45, 7) is 0.450. The van der Waals surface area contributed by atoms with Gasteiger partial charge in [-0.3, -0.25) is 0 Å². The molecule has 0 aromatic heterocycles. The van der Waals surface area contributed by atoms with Crippen molar-refractivity contribution in [1.82, 2.24) is 0 Å². The molecule has 0 aliphatic rings. The summed E-state index contributed by atoms with van der Waals surface area (Å²) >= 11 is 0. The second kappa shape index (κ2) is 6.79. The summed E-state index contributed by atoms with van der Waals surface area (Å²) in [6.07, 6.45) is 1.41. The first-order chi connectivity index (χ1) is 4.85. The van der Waals surface area contributed by atoms with Crippen molar-refractivity contribution in [2.45, 2.75) is 6.29 Å². The van der Waals surface area contributed by atoms with Crippen LogP contribution in [0.2, 0.25) is 0 Å². The SMILES string of the molecule is COC(COC=C[SiH3])OC. The molecule has 0 saturated heterocycles. The van der Waals surface area contributed by atoms with Gasteiger partial charge in [-0.1, -0.05) is 5.70 Å². The summed E-state index contributed by atoms with van der Waals surface area (Å²) in [4.78, 5) is 0. The molecule has 10 heavy (non-hydrogen) atoms. The van der Waals surface area contributed by atoms with Crippen molar-refractivity contribution in [3.8, 4) is 0 Å². The van der Waals surface area contributed by atoms with E-state index >= 15 is 0 Å². The van der Waals surface area contributed by atoms with Crippen molar-refractivity contribution in [3.63, 3.8) is 0 Å². The van der Waals surface area contributed by atoms with Crippen LogP contribution in [0.5, 0.6) is 0 Å². The fourth-order valence-electron chi connectivity index (χ4n) is 0.463. The Morgan fingerprint density at radius 1 is 1.40 bits per heavy atom. The van der Waals surface area contributed by atoms with Crippen LogP contribution in [0.4, 0.5) is 0 Å². The molecular formula is C6H14O3Si. The largest absolute Gasteiger partial charge is 0.497 e. The molecule has 0 aromatic carbocycles. The van der Waals surface area contributed by atoms with Gasteiger partial charge in [0.15, 0.2) is 6.29 Å². The van der Waals surface area contributed by atoms with E-state index in [2.05, 4.69) is 0 Å². The lowest BCUT2D eigenvalue weighted by Crippen LogP contribution is -2.18. The van der Waals surface area contributed by atoms with E-state index in [0.29, 0.717) is 6.61 Å². The number of hydrogen-bond acceptors (Lipinski definition) is 3. The van der Waals surface area contributed by atoms with Gasteiger partial charge in [0.2, 0.25) is 0 Å². The van der Waals surface area contributed by atoms with Crippen LogP contribution in [-0.2, 0) is 14.2 Å². The van der Waals surface area contributed by atoms with Crippen LogP contribution in [0, 0.1) is 0 Å². The molecule has 0 aromatic rings. The second-order valence-electron chi connectivity index (χ2n) is 1.70. The van der Waals surface area contributed by atoms with Gasteiger partial charge in [0.05, 0.1) is 6.26 Å². The lowest BCUT2D eigenvalue weighted by Gasteiger charge is -2.11. The predicted octanol–water partition coefficient (Wildman–Crippen LogP) is -0.541. The fraction of sp³-hybridized carbons (Fsp3) is 0.667. The molecule has 4 heteroatoms. The minimum absolute atomic E-state index is 0.252. The quantitative estimate of drug-likeness (QED) is 0.309. The number of methoxy groups -OCH3 is 2. The third-order valence-corrected chi connectivity index (χ3v) is 1.26. The summed E-state index contributed by atoms with van der Waals surface area (Å²) in [5, 5.41) is 0. The highest BCUT2D eigenvalue weighted by Gasteiger charge is 2.02. The molecule has 0 rings (SSSR count). The van der Waals surface area contributed by atoms with E-state index in [-0.39, 0.29) is 6.29 Å². The van der Waals surface area contributed by atoms with Crippen molar-refractivity contribution < 1.29 is 14.2 Å². The van der Waals surface area contributed by atoms with E-state index in [0.717, 1.165) is 10.2 Å². The average Bonchev–Trinajstić information content (AvgIpc) is 1.99. The van der Waals surface area contributed by atoms with Gasteiger partial charge in [-0.05, 0) is 0 Å². The first kappa shape index (κ1) is 9.68. The number of ether oxygens (including phenoxy) is 3. The summed E-state index contributed by atoms with van der Waals surface area (Å²) in [5.74, 6) is 0. The van der Waals surface area contributed by atoms with Crippen LogP contribution in [0.15, 0.2) is 12.0 Å². The Labute approximate surface area is 64.4 Å². The number of hydrogen-bond donors (Lipinski definition) is 0. The molecule has 0 N–H and O–H groups in total. The zero-order chi connectivity index (χ0) is 7.82. The van der Waals surface area contributed by atoms with Gasteiger partial charge in [-0.2, -0.15) is 0 Å². The molecule has 0 atom stereocenters. The Morgan fingerprint density at radius 2 is 2.00 bits per heavy atom. The highest BCUT2D eigenvalue weighted by atomic mass is 28.1. The predicted molar refractivity (Wildman–Crippen MR) is 42.8 cm³/mol. The molecule has 0 unspecified atom stereocenters. The van der Waals surface area contributed by atoms with Gasteiger partial charge in [0, 0.05) is 24.5 Å². The standard InChI is InChI=1S/C6H14O3Si/c1-7-6(8-2)5-9-3-4-10/h3-4,6H,5H2,1-2,10H3. The maximum atomic E-state index is 5.03. The van der Waals surface area contributed by atoms with Gasteiger partial charge >= 0.3 is 0 Å². The van der Waals surface area contributed by atoms with Crippen LogP contribution >= 0.6 is 0 Å². The molecule has 0 aliphatic carbocycles. The molecular weight excluding hydrogens is 148 g/mol. The molecule has 0 amide bonds. The molecule has 3 nitrogen and oxygen atoms in total. The third kappa shape index (κ3) is 4.55. The van der Waals surface area contributed by atoms with Gasteiger partial charge in [-0.25, -0.2) is 0 Å². The maximum Gasteiger partial charge on any atom is 0.191 e.